The number of nitrogens with two attached hydrogens (primary N) is 1. The molecule has 2 N–H and O–H groups in total. The number of nitrogens with zero attached hydrogens (tertiary/aromatic N) is 1. The molecule has 0 spiro atoms. The molecule has 1 heterocycles. The maximum Gasteiger partial charge on any atom is 0.127 e. The average molecular weight is 299 g/mol. The molecular formula is C16H24ClFN2. The minimum atomic E-state index is -0.230. The van der Waals surface area contributed by atoms with Crippen LogP contribution in [0.25, 0.3) is 0 Å². The Morgan fingerprint density at radius 3 is 2.45 bits per heavy atom. The zero-order valence-electron chi connectivity index (χ0n) is 12.2. The fraction of sp³-hybridized carbons (Fsp3) is 0.625. The molecule has 1 fully saturated rings. The van der Waals surface area contributed by atoms with Gasteiger partial charge >= 0.3 is 0 Å². The fourth-order valence-corrected chi connectivity index (χ4v) is 3.24. The van der Waals surface area contributed by atoms with E-state index in [-0.39, 0.29) is 11.4 Å². The third kappa shape index (κ3) is 3.51. The van der Waals surface area contributed by atoms with Crippen molar-refractivity contribution in [2.75, 3.05) is 19.6 Å². The Morgan fingerprint density at radius 1 is 1.25 bits per heavy atom. The van der Waals surface area contributed by atoms with Crippen LogP contribution < -0.4 is 5.73 Å². The van der Waals surface area contributed by atoms with Crippen molar-refractivity contribution in [3.8, 4) is 0 Å². The van der Waals surface area contributed by atoms with Gasteiger partial charge in [0.2, 0.25) is 0 Å². The summed E-state index contributed by atoms with van der Waals surface area (Å²) in [7, 11) is 0. The maximum absolute atomic E-state index is 14.0. The van der Waals surface area contributed by atoms with E-state index in [1.165, 1.54) is 31.7 Å². The Kier molecular flexibility index (Phi) is 5.42. The second-order valence-electron chi connectivity index (χ2n) is 5.98. The van der Waals surface area contributed by atoms with Crippen molar-refractivity contribution in [3.63, 3.8) is 0 Å². The zero-order chi connectivity index (χ0) is 14.6. The Morgan fingerprint density at radius 2 is 1.90 bits per heavy atom. The summed E-state index contributed by atoms with van der Waals surface area (Å²) in [4.78, 5) is 2.42. The van der Waals surface area contributed by atoms with Gasteiger partial charge in [-0.1, -0.05) is 30.5 Å². The predicted molar refractivity (Wildman–Crippen MR) is 82.6 cm³/mol. The summed E-state index contributed by atoms with van der Waals surface area (Å²) in [5, 5.41) is 0.500. The predicted octanol–water partition coefficient (Wildman–Crippen LogP) is 3.62. The molecule has 0 saturated carbocycles. The number of hydrogen-bond donors (Lipinski definition) is 1. The van der Waals surface area contributed by atoms with Gasteiger partial charge in [0.05, 0.1) is 0 Å². The van der Waals surface area contributed by atoms with Gasteiger partial charge in [-0.2, -0.15) is 0 Å². The van der Waals surface area contributed by atoms with E-state index < -0.39 is 0 Å². The Labute approximate surface area is 126 Å². The third-order valence-corrected chi connectivity index (χ3v) is 4.78. The van der Waals surface area contributed by atoms with Gasteiger partial charge < -0.3 is 5.73 Å². The molecule has 0 bridgehead atoms. The SMILES string of the molecule is CC(CN)(Cc1c(F)cccc1Cl)N1CCCCCC1. The van der Waals surface area contributed by atoms with Crippen LogP contribution in [-0.4, -0.2) is 30.1 Å². The summed E-state index contributed by atoms with van der Waals surface area (Å²) in [6.07, 6.45) is 5.51. The van der Waals surface area contributed by atoms with Crippen LogP contribution in [0.3, 0.4) is 0 Å². The first-order chi connectivity index (χ1) is 9.57. The van der Waals surface area contributed by atoms with Gasteiger partial charge in [-0.15, -0.1) is 0 Å². The lowest BCUT2D eigenvalue weighted by molar-refractivity contribution is 0.114. The molecule has 1 aromatic carbocycles. The molecule has 20 heavy (non-hydrogen) atoms. The van der Waals surface area contributed by atoms with Crippen LogP contribution in [0.15, 0.2) is 18.2 Å². The monoisotopic (exact) mass is 298 g/mol. The molecule has 0 aliphatic carbocycles. The Hall–Kier alpha value is -0.640. The van der Waals surface area contributed by atoms with E-state index in [9.17, 15) is 4.39 Å². The Bertz CT molecular complexity index is 424. The summed E-state index contributed by atoms with van der Waals surface area (Å²) in [5.74, 6) is -0.230. The zero-order valence-corrected chi connectivity index (χ0v) is 12.9. The molecule has 2 rings (SSSR count). The van der Waals surface area contributed by atoms with Crippen LogP contribution in [0, 0.1) is 5.82 Å². The lowest BCUT2D eigenvalue weighted by Crippen LogP contribution is -2.53. The van der Waals surface area contributed by atoms with Gasteiger partial charge in [-0.25, -0.2) is 4.39 Å². The number of benzene rings is 1. The molecule has 1 saturated heterocycles. The average Bonchev–Trinajstić information content (AvgIpc) is 2.72. The molecule has 0 amide bonds. The highest BCUT2D eigenvalue weighted by molar-refractivity contribution is 6.31. The van der Waals surface area contributed by atoms with Crippen molar-refractivity contribution in [2.45, 2.75) is 44.6 Å². The second kappa shape index (κ2) is 6.88. The minimum Gasteiger partial charge on any atom is -0.329 e. The molecule has 1 aliphatic heterocycles. The van der Waals surface area contributed by atoms with Gasteiger partial charge in [0.1, 0.15) is 5.82 Å². The highest BCUT2D eigenvalue weighted by atomic mass is 35.5. The first kappa shape index (κ1) is 15.7. The van der Waals surface area contributed by atoms with Crippen LogP contribution in [0.4, 0.5) is 4.39 Å². The van der Waals surface area contributed by atoms with Crippen molar-refractivity contribution in [1.29, 1.82) is 0 Å². The largest absolute Gasteiger partial charge is 0.329 e. The molecule has 0 radical (unpaired) electrons. The lowest BCUT2D eigenvalue weighted by atomic mass is 9.90. The summed E-state index contributed by atoms with van der Waals surface area (Å²) < 4.78 is 14.0. The summed E-state index contributed by atoms with van der Waals surface area (Å²) in [5.41, 5.74) is 6.39. The Balaban J connectivity index is 2.21. The third-order valence-electron chi connectivity index (χ3n) is 4.43. The highest BCUT2D eigenvalue weighted by Gasteiger charge is 2.32. The first-order valence-electron chi connectivity index (χ1n) is 7.45. The van der Waals surface area contributed by atoms with Crippen LogP contribution in [-0.2, 0) is 6.42 Å². The van der Waals surface area contributed by atoms with E-state index in [2.05, 4.69) is 11.8 Å². The molecule has 1 aliphatic rings. The smallest absolute Gasteiger partial charge is 0.127 e. The topological polar surface area (TPSA) is 29.3 Å². The first-order valence-corrected chi connectivity index (χ1v) is 7.82. The van der Waals surface area contributed by atoms with E-state index in [1.54, 1.807) is 12.1 Å². The molecular weight excluding hydrogens is 275 g/mol. The summed E-state index contributed by atoms with van der Waals surface area (Å²) >= 11 is 6.16. The van der Waals surface area contributed by atoms with Crippen LogP contribution in [0.5, 0.6) is 0 Å². The normalized spacial score (nSPS) is 20.4. The van der Waals surface area contributed by atoms with Crippen molar-refractivity contribution in [3.05, 3.63) is 34.6 Å². The molecule has 112 valence electrons. The van der Waals surface area contributed by atoms with Crippen molar-refractivity contribution < 1.29 is 4.39 Å². The highest BCUT2D eigenvalue weighted by Crippen LogP contribution is 2.28. The molecule has 4 heteroatoms. The van der Waals surface area contributed by atoms with Gasteiger partial charge in [0, 0.05) is 22.7 Å². The van der Waals surface area contributed by atoms with Crippen LogP contribution in [0.2, 0.25) is 5.02 Å². The maximum atomic E-state index is 14.0. The van der Waals surface area contributed by atoms with E-state index in [0.29, 0.717) is 23.6 Å². The number of likely N-dealkylation sites (tertiary alicyclic amines) is 1. The number of halogens is 2. The molecule has 1 unspecified atom stereocenters. The van der Waals surface area contributed by atoms with Gasteiger partial charge in [0.25, 0.3) is 0 Å². The lowest BCUT2D eigenvalue weighted by Gasteiger charge is -2.40. The standard InChI is InChI=1S/C16H24ClFN2/c1-16(12-19,20-9-4-2-3-5-10-20)11-13-14(17)7-6-8-15(13)18/h6-8H,2-5,9-12,19H2,1H3. The summed E-state index contributed by atoms with van der Waals surface area (Å²) in [6, 6.07) is 4.87. The number of hydrogen-bond acceptors (Lipinski definition) is 2. The minimum absolute atomic E-state index is 0.226. The second-order valence-corrected chi connectivity index (χ2v) is 6.39. The molecule has 1 atom stereocenters. The quantitative estimate of drug-likeness (QED) is 0.920. The van der Waals surface area contributed by atoms with Crippen LogP contribution in [0.1, 0.15) is 38.2 Å². The van der Waals surface area contributed by atoms with Gasteiger partial charge in [-0.3, -0.25) is 4.90 Å². The fourth-order valence-electron chi connectivity index (χ4n) is 3.01. The van der Waals surface area contributed by atoms with E-state index >= 15 is 0 Å². The van der Waals surface area contributed by atoms with Gasteiger partial charge in [0.15, 0.2) is 0 Å². The van der Waals surface area contributed by atoms with E-state index in [1.807, 2.05) is 0 Å². The molecule has 2 nitrogen and oxygen atoms in total. The number of rotatable bonds is 4. The van der Waals surface area contributed by atoms with Gasteiger partial charge in [-0.05, 0) is 51.4 Å². The van der Waals surface area contributed by atoms with E-state index in [4.69, 9.17) is 17.3 Å². The van der Waals surface area contributed by atoms with E-state index in [0.717, 1.165) is 13.1 Å². The molecule has 0 aromatic heterocycles. The van der Waals surface area contributed by atoms with Crippen molar-refractivity contribution >= 4 is 11.6 Å². The summed E-state index contributed by atoms with van der Waals surface area (Å²) in [6.45, 7) is 4.72. The van der Waals surface area contributed by atoms with Crippen molar-refractivity contribution in [2.24, 2.45) is 5.73 Å². The molecule has 1 aromatic rings. The van der Waals surface area contributed by atoms with Crippen LogP contribution >= 0.6 is 11.6 Å². The van der Waals surface area contributed by atoms with Crippen molar-refractivity contribution in [1.82, 2.24) is 4.90 Å².